The molecule has 1 N–H and O–H groups in total. The van der Waals surface area contributed by atoms with Gasteiger partial charge in [-0.2, -0.15) is 0 Å². The Hall–Kier alpha value is -0.480. The Morgan fingerprint density at radius 2 is 2.46 bits per heavy atom. The molecule has 13 heavy (non-hydrogen) atoms. The molecule has 0 aliphatic carbocycles. The average molecular weight is 200 g/mol. The van der Waals surface area contributed by atoms with E-state index in [-0.39, 0.29) is 0 Å². The summed E-state index contributed by atoms with van der Waals surface area (Å²) in [5, 5.41) is 4.12. The molecule has 74 valence electrons. The molecule has 1 aromatic heterocycles. The molecular weight excluding hydrogens is 184 g/mol. The third-order valence-electron chi connectivity index (χ3n) is 1.62. The molecule has 1 aromatic rings. The van der Waals surface area contributed by atoms with E-state index >= 15 is 0 Å². The van der Waals surface area contributed by atoms with Gasteiger partial charge in [0.15, 0.2) is 0 Å². The van der Waals surface area contributed by atoms with Crippen molar-refractivity contribution >= 4 is 11.8 Å². The first-order chi connectivity index (χ1) is 6.43. The quantitative estimate of drug-likeness (QED) is 0.540. The van der Waals surface area contributed by atoms with Gasteiger partial charge in [-0.1, -0.05) is 25.1 Å². The summed E-state index contributed by atoms with van der Waals surface area (Å²) in [4.78, 5) is 4.02. The van der Waals surface area contributed by atoms with Crippen molar-refractivity contribution in [2.75, 3.05) is 18.8 Å². The smallest absolute Gasteiger partial charge is 0.255 e. The molecular formula is C9H16N2OS. The maximum Gasteiger partial charge on any atom is 0.255 e. The number of rotatable bonds is 7. The van der Waals surface area contributed by atoms with Crippen molar-refractivity contribution in [3.8, 4) is 0 Å². The van der Waals surface area contributed by atoms with Gasteiger partial charge in [0.05, 0.1) is 6.20 Å². The van der Waals surface area contributed by atoms with Crippen molar-refractivity contribution in [3.63, 3.8) is 0 Å². The molecule has 1 heterocycles. The fourth-order valence-corrected chi connectivity index (χ4v) is 1.60. The van der Waals surface area contributed by atoms with Gasteiger partial charge in [0.1, 0.15) is 6.26 Å². The van der Waals surface area contributed by atoms with Crippen LogP contribution in [0, 0.1) is 0 Å². The molecule has 0 aromatic carbocycles. The molecule has 0 aliphatic heterocycles. The predicted octanol–water partition coefficient (Wildman–Crippen LogP) is 2.16. The van der Waals surface area contributed by atoms with Gasteiger partial charge in [-0.3, -0.25) is 0 Å². The number of thioether (sulfide) groups is 1. The molecule has 0 saturated carbocycles. The molecule has 1 rings (SSSR count). The molecule has 0 amide bonds. The fraction of sp³-hybridized carbons (Fsp3) is 0.667. The Bertz CT molecular complexity index is 201. The number of nitrogens with one attached hydrogen (secondary N) is 1. The Kier molecular flexibility index (Phi) is 5.69. The predicted molar refractivity (Wildman–Crippen MR) is 55.0 cm³/mol. The molecule has 0 unspecified atom stereocenters. The van der Waals surface area contributed by atoms with Crippen LogP contribution in [-0.2, 0) is 0 Å². The van der Waals surface area contributed by atoms with Crippen molar-refractivity contribution in [2.45, 2.75) is 25.0 Å². The van der Waals surface area contributed by atoms with Crippen LogP contribution in [0.2, 0.25) is 0 Å². The highest BCUT2D eigenvalue weighted by Gasteiger charge is 1.96. The van der Waals surface area contributed by atoms with Crippen LogP contribution in [0.15, 0.2) is 22.1 Å². The number of unbranched alkanes of at least 4 members (excludes halogenated alkanes) is 1. The minimum absolute atomic E-state index is 0.761. The van der Waals surface area contributed by atoms with Crippen molar-refractivity contribution in [1.29, 1.82) is 0 Å². The summed E-state index contributed by atoms with van der Waals surface area (Å²) in [5.74, 6) is 1.02. The second kappa shape index (κ2) is 6.97. The van der Waals surface area contributed by atoms with Crippen molar-refractivity contribution in [2.24, 2.45) is 0 Å². The summed E-state index contributed by atoms with van der Waals surface area (Å²) in [7, 11) is 0. The minimum Gasteiger partial charge on any atom is -0.440 e. The van der Waals surface area contributed by atoms with Gasteiger partial charge in [-0.25, -0.2) is 4.98 Å². The SMILES string of the molecule is CCCCNCCSc1ncco1. The zero-order chi connectivity index (χ0) is 9.36. The van der Waals surface area contributed by atoms with Crippen LogP contribution in [0.25, 0.3) is 0 Å². The second-order valence-corrected chi connectivity index (χ2v) is 3.80. The first-order valence-corrected chi connectivity index (χ1v) is 5.65. The number of oxazole rings is 1. The Morgan fingerprint density at radius 1 is 1.54 bits per heavy atom. The largest absolute Gasteiger partial charge is 0.440 e. The van der Waals surface area contributed by atoms with Gasteiger partial charge < -0.3 is 9.73 Å². The van der Waals surface area contributed by atoms with Gasteiger partial charge in [0.25, 0.3) is 5.22 Å². The Labute approximate surface area is 83.3 Å². The number of aromatic nitrogens is 1. The molecule has 0 radical (unpaired) electrons. The monoisotopic (exact) mass is 200 g/mol. The highest BCUT2D eigenvalue weighted by atomic mass is 32.2. The lowest BCUT2D eigenvalue weighted by Crippen LogP contribution is -2.18. The van der Waals surface area contributed by atoms with Crippen molar-refractivity contribution in [1.82, 2.24) is 10.3 Å². The van der Waals surface area contributed by atoms with E-state index in [0.29, 0.717) is 0 Å². The van der Waals surface area contributed by atoms with E-state index in [9.17, 15) is 0 Å². The zero-order valence-electron chi connectivity index (χ0n) is 7.95. The highest BCUT2D eigenvalue weighted by Crippen LogP contribution is 2.13. The van der Waals surface area contributed by atoms with Crippen molar-refractivity contribution in [3.05, 3.63) is 12.5 Å². The number of nitrogens with zero attached hydrogens (tertiary/aromatic N) is 1. The summed E-state index contributed by atoms with van der Waals surface area (Å²) in [6.45, 7) is 4.33. The molecule has 0 bridgehead atoms. The van der Waals surface area contributed by atoms with Crippen LogP contribution < -0.4 is 5.32 Å². The van der Waals surface area contributed by atoms with Crippen LogP contribution in [-0.4, -0.2) is 23.8 Å². The van der Waals surface area contributed by atoms with E-state index in [1.165, 1.54) is 12.8 Å². The lowest BCUT2D eigenvalue weighted by atomic mass is 10.3. The molecule has 0 spiro atoms. The topological polar surface area (TPSA) is 38.1 Å². The van der Waals surface area contributed by atoms with Crippen LogP contribution in [0.5, 0.6) is 0 Å². The maximum absolute atomic E-state index is 5.09. The summed E-state index contributed by atoms with van der Waals surface area (Å²) < 4.78 is 5.09. The van der Waals surface area contributed by atoms with Crippen LogP contribution in [0.1, 0.15) is 19.8 Å². The van der Waals surface area contributed by atoms with Crippen LogP contribution in [0.3, 0.4) is 0 Å². The molecule has 0 atom stereocenters. The summed E-state index contributed by atoms with van der Waals surface area (Å²) in [6, 6.07) is 0. The normalized spacial score (nSPS) is 10.5. The first-order valence-electron chi connectivity index (χ1n) is 4.66. The van der Waals surface area contributed by atoms with Gasteiger partial charge in [-0.15, -0.1) is 0 Å². The highest BCUT2D eigenvalue weighted by molar-refractivity contribution is 7.99. The van der Waals surface area contributed by atoms with E-state index in [1.54, 1.807) is 24.2 Å². The number of hydrogen-bond acceptors (Lipinski definition) is 4. The summed E-state index contributed by atoms with van der Waals surface area (Å²) in [6.07, 6.45) is 5.78. The molecule has 0 aliphatic rings. The standard InChI is InChI=1S/C9H16N2OS/c1-2-3-4-10-6-8-13-9-11-5-7-12-9/h5,7,10H,2-4,6,8H2,1H3. The lowest BCUT2D eigenvalue weighted by Gasteiger charge is -2.00. The van der Waals surface area contributed by atoms with E-state index in [0.717, 1.165) is 24.1 Å². The second-order valence-electron chi connectivity index (χ2n) is 2.75. The minimum atomic E-state index is 0.761. The number of hydrogen-bond donors (Lipinski definition) is 1. The summed E-state index contributed by atoms with van der Waals surface area (Å²) >= 11 is 1.64. The molecule has 0 saturated heterocycles. The maximum atomic E-state index is 5.09. The van der Waals surface area contributed by atoms with Gasteiger partial charge >= 0.3 is 0 Å². The Morgan fingerprint density at radius 3 is 3.15 bits per heavy atom. The van der Waals surface area contributed by atoms with Crippen LogP contribution in [0.4, 0.5) is 0 Å². The van der Waals surface area contributed by atoms with Gasteiger partial charge in [0, 0.05) is 12.3 Å². The zero-order valence-corrected chi connectivity index (χ0v) is 8.77. The van der Waals surface area contributed by atoms with E-state index in [4.69, 9.17) is 4.42 Å². The molecule has 4 heteroatoms. The Balaban J connectivity index is 1.90. The van der Waals surface area contributed by atoms with E-state index in [1.807, 2.05) is 0 Å². The first kappa shape index (κ1) is 10.6. The molecule has 3 nitrogen and oxygen atoms in total. The molecule has 0 fully saturated rings. The van der Waals surface area contributed by atoms with Gasteiger partial charge in [-0.05, 0) is 13.0 Å². The van der Waals surface area contributed by atoms with Gasteiger partial charge in [0.2, 0.25) is 0 Å². The average Bonchev–Trinajstić information content (AvgIpc) is 2.63. The van der Waals surface area contributed by atoms with E-state index in [2.05, 4.69) is 17.2 Å². The third-order valence-corrected chi connectivity index (χ3v) is 2.48. The third kappa shape index (κ3) is 4.95. The lowest BCUT2D eigenvalue weighted by molar-refractivity contribution is 0.454. The summed E-state index contributed by atoms with van der Waals surface area (Å²) in [5.41, 5.74) is 0. The van der Waals surface area contributed by atoms with E-state index < -0.39 is 0 Å². The van der Waals surface area contributed by atoms with Crippen LogP contribution >= 0.6 is 11.8 Å². The van der Waals surface area contributed by atoms with Crippen molar-refractivity contribution < 1.29 is 4.42 Å². The fourth-order valence-electron chi connectivity index (χ4n) is 0.919.